The number of halogens is 1. The highest BCUT2D eigenvalue weighted by molar-refractivity contribution is 14.1. The number of nitrogens with zero attached hydrogens (tertiary/aromatic N) is 2. The summed E-state index contributed by atoms with van der Waals surface area (Å²) in [7, 11) is 1.53. The van der Waals surface area contributed by atoms with Gasteiger partial charge in [-0.05, 0) is 103 Å². The number of anilines is 2. The van der Waals surface area contributed by atoms with E-state index in [0.717, 1.165) is 9.14 Å². The van der Waals surface area contributed by atoms with Gasteiger partial charge >= 0.3 is 0 Å². The number of rotatable bonds is 4. The van der Waals surface area contributed by atoms with Gasteiger partial charge in [0.1, 0.15) is 11.5 Å². The highest BCUT2D eigenvalue weighted by atomic mass is 127. The molecule has 9 heteroatoms. The molecule has 2 heterocycles. The van der Waals surface area contributed by atoms with Gasteiger partial charge in [-0.1, -0.05) is 29.8 Å². The third-order valence-electron chi connectivity index (χ3n) is 9.92. The molecule has 0 unspecified atom stereocenters. The minimum Gasteiger partial charge on any atom is -0.508 e. The SMILES string of the molecule is COc1ccc(O)c([C@H]2C3=CC[C@@H]4C(=O)N(c5ccc(I)cc5)C(=O)[C@@H]4[C@@H]3C[C@H]3C(=O)N(c4ccccc4)C(=O)[C@@]23C)c1. The Labute approximate surface area is 262 Å². The molecule has 8 nitrogen and oxygen atoms in total. The van der Waals surface area contributed by atoms with Crippen LogP contribution in [0.1, 0.15) is 31.2 Å². The molecule has 0 bridgehead atoms. The molecule has 3 aromatic carbocycles. The van der Waals surface area contributed by atoms with Gasteiger partial charge in [0.25, 0.3) is 0 Å². The van der Waals surface area contributed by atoms with Crippen molar-refractivity contribution in [1.82, 2.24) is 0 Å². The maximum absolute atomic E-state index is 14.4. The highest BCUT2D eigenvalue weighted by Crippen LogP contribution is 2.64. The molecule has 4 amide bonds. The number of hydrogen-bond donors (Lipinski definition) is 1. The van der Waals surface area contributed by atoms with Crippen LogP contribution in [-0.2, 0) is 19.2 Å². The van der Waals surface area contributed by atoms with E-state index in [4.69, 9.17) is 4.74 Å². The lowest BCUT2D eigenvalue weighted by Crippen LogP contribution is -2.48. The van der Waals surface area contributed by atoms with E-state index in [-0.39, 0.29) is 35.8 Å². The Morgan fingerprint density at radius 1 is 0.860 bits per heavy atom. The summed E-state index contributed by atoms with van der Waals surface area (Å²) < 4.78 is 6.48. The molecule has 4 aliphatic rings. The molecule has 0 radical (unpaired) electrons. The third-order valence-corrected chi connectivity index (χ3v) is 10.6. The van der Waals surface area contributed by atoms with Crippen LogP contribution in [0.3, 0.4) is 0 Å². The first kappa shape index (κ1) is 27.8. The summed E-state index contributed by atoms with van der Waals surface area (Å²) in [6, 6.07) is 21.0. The van der Waals surface area contributed by atoms with Crippen molar-refractivity contribution in [2.24, 2.45) is 29.1 Å². The fourth-order valence-corrected chi connectivity index (χ4v) is 8.28. The van der Waals surface area contributed by atoms with E-state index in [9.17, 15) is 24.3 Å². The molecule has 1 N–H and O–H groups in total. The lowest BCUT2D eigenvalue weighted by molar-refractivity contribution is -0.131. The van der Waals surface area contributed by atoms with Gasteiger partial charge in [-0.25, -0.2) is 4.90 Å². The third kappa shape index (κ3) is 3.93. The fourth-order valence-electron chi connectivity index (χ4n) is 7.92. The maximum Gasteiger partial charge on any atom is 0.241 e. The molecule has 3 fully saturated rings. The Morgan fingerprint density at radius 2 is 1.56 bits per heavy atom. The van der Waals surface area contributed by atoms with Gasteiger partial charge in [0.05, 0.1) is 41.7 Å². The minimum atomic E-state index is -1.24. The van der Waals surface area contributed by atoms with Crippen LogP contribution in [0.2, 0.25) is 0 Å². The molecule has 3 aromatic rings. The van der Waals surface area contributed by atoms with Gasteiger partial charge in [-0.3, -0.25) is 24.1 Å². The number of hydrogen-bond acceptors (Lipinski definition) is 6. The Hall–Kier alpha value is -3.99. The second-order valence-corrected chi connectivity index (χ2v) is 13.2. The van der Waals surface area contributed by atoms with E-state index in [0.29, 0.717) is 29.1 Å². The predicted molar refractivity (Wildman–Crippen MR) is 167 cm³/mol. The van der Waals surface area contributed by atoms with Crippen LogP contribution in [0, 0.1) is 32.7 Å². The molecule has 7 rings (SSSR count). The standard InChI is InChI=1S/C34H29IN2O6/c1-34-26(31(40)37(33(34)42)19-6-4-3-5-7-19)17-24-22(29(34)25-16-21(43-2)12-15-27(25)38)13-14-23-28(24)32(41)36(30(23)39)20-10-8-18(35)9-11-20/h3-13,15-16,23-24,26,28-29,38H,14,17H2,1-2H3/t23-,24+,26-,28-,29+,34+/m0/s1. The van der Waals surface area contributed by atoms with Crippen LogP contribution in [-0.4, -0.2) is 35.8 Å². The number of carbonyl (C=O) groups excluding carboxylic acids is 4. The molecule has 6 atom stereocenters. The zero-order valence-electron chi connectivity index (χ0n) is 23.6. The van der Waals surface area contributed by atoms with E-state index < -0.39 is 35.0 Å². The van der Waals surface area contributed by atoms with Crippen molar-refractivity contribution < 1.29 is 29.0 Å². The number of aromatic hydroxyl groups is 1. The topological polar surface area (TPSA) is 104 Å². The average Bonchev–Trinajstić information content (AvgIpc) is 3.38. The van der Waals surface area contributed by atoms with Gasteiger partial charge in [-0.15, -0.1) is 0 Å². The minimum absolute atomic E-state index is 0.0257. The van der Waals surface area contributed by atoms with Crippen molar-refractivity contribution in [2.45, 2.75) is 25.7 Å². The molecule has 2 aliphatic carbocycles. The molecule has 218 valence electrons. The summed E-state index contributed by atoms with van der Waals surface area (Å²) >= 11 is 2.18. The summed E-state index contributed by atoms with van der Waals surface area (Å²) in [4.78, 5) is 59.1. The summed E-state index contributed by atoms with van der Waals surface area (Å²) in [6.45, 7) is 1.80. The Balaban J connectivity index is 1.39. The van der Waals surface area contributed by atoms with Crippen molar-refractivity contribution in [3.63, 3.8) is 0 Å². The Bertz CT molecular complexity index is 1720. The van der Waals surface area contributed by atoms with Gasteiger partial charge in [0.2, 0.25) is 23.6 Å². The van der Waals surface area contributed by atoms with Crippen LogP contribution in [0.4, 0.5) is 11.4 Å². The van der Waals surface area contributed by atoms with Crippen molar-refractivity contribution >= 4 is 57.6 Å². The smallest absolute Gasteiger partial charge is 0.241 e. The number of para-hydroxylation sites is 1. The van der Waals surface area contributed by atoms with Gasteiger partial charge in [0, 0.05) is 15.1 Å². The summed E-state index contributed by atoms with van der Waals surface area (Å²) in [5.41, 5.74) is 1.03. The first-order chi connectivity index (χ1) is 20.7. The number of ether oxygens (including phenoxy) is 1. The number of benzene rings is 3. The molecule has 43 heavy (non-hydrogen) atoms. The molecule has 2 aliphatic heterocycles. The van der Waals surface area contributed by atoms with Crippen molar-refractivity contribution in [1.29, 1.82) is 0 Å². The van der Waals surface area contributed by atoms with Gasteiger partial charge < -0.3 is 9.84 Å². The largest absolute Gasteiger partial charge is 0.508 e. The number of fused-ring (bicyclic) bond motifs is 4. The molecular weight excluding hydrogens is 659 g/mol. The second kappa shape index (κ2) is 10.0. The van der Waals surface area contributed by atoms with Gasteiger partial charge in [0.15, 0.2) is 0 Å². The van der Waals surface area contributed by atoms with E-state index >= 15 is 0 Å². The molecule has 1 saturated carbocycles. The molecule has 0 spiro atoms. The summed E-state index contributed by atoms with van der Waals surface area (Å²) in [5.74, 6) is -3.96. The van der Waals surface area contributed by atoms with Crippen molar-refractivity contribution in [3.8, 4) is 11.5 Å². The lowest BCUT2D eigenvalue weighted by atomic mass is 9.51. The van der Waals surface area contributed by atoms with E-state index in [2.05, 4.69) is 22.6 Å². The monoisotopic (exact) mass is 688 g/mol. The molecule has 2 saturated heterocycles. The highest BCUT2D eigenvalue weighted by Gasteiger charge is 2.68. The number of phenolic OH excluding ortho intramolecular Hbond substituents is 1. The van der Waals surface area contributed by atoms with E-state index in [1.165, 1.54) is 23.0 Å². The number of amides is 4. The van der Waals surface area contributed by atoms with Crippen LogP contribution >= 0.6 is 22.6 Å². The van der Waals surface area contributed by atoms with Crippen LogP contribution < -0.4 is 14.5 Å². The predicted octanol–water partition coefficient (Wildman–Crippen LogP) is 5.44. The molecule has 0 aromatic heterocycles. The first-order valence-electron chi connectivity index (χ1n) is 14.3. The maximum atomic E-state index is 14.4. The normalized spacial score (nSPS) is 29.7. The number of allylic oxidation sites excluding steroid dienone is 2. The second-order valence-electron chi connectivity index (χ2n) is 11.9. The number of phenols is 1. The van der Waals surface area contributed by atoms with Crippen molar-refractivity contribution in [3.05, 3.63) is 93.6 Å². The fraction of sp³-hybridized carbons (Fsp3) is 0.294. The first-order valence-corrected chi connectivity index (χ1v) is 15.4. The van der Waals surface area contributed by atoms with E-state index in [1.54, 1.807) is 55.5 Å². The van der Waals surface area contributed by atoms with Crippen LogP contribution in [0.15, 0.2) is 84.4 Å². The zero-order chi connectivity index (χ0) is 30.2. The number of methoxy groups -OCH3 is 1. The van der Waals surface area contributed by atoms with Crippen molar-refractivity contribution in [2.75, 3.05) is 16.9 Å². The van der Waals surface area contributed by atoms with E-state index in [1.807, 2.05) is 24.3 Å². The quantitative estimate of drug-likeness (QED) is 0.223. The Kier molecular flexibility index (Phi) is 6.50. The zero-order valence-corrected chi connectivity index (χ0v) is 25.7. The number of carbonyl (C=O) groups is 4. The Morgan fingerprint density at radius 3 is 2.26 bits per heavy atom. The average molecular weight is 689 g/mol. The van der Waals surface area contributed by atoms with Crippen LogP contribution in [0.5, 0.6) is 11.5 Å². The van der Waals surface area contributed by atoms with Gasteiger partial charge in [-0.2, -0.15) is 0 Å². The lowest BCUT2D eigenvalue weighted by Gasteiger charge is -2.49. The summed E-state index contributed by atoms with van der Waals surface area (Å²) in [5, 5.41) is 11.2. The molecular formula is C34H29IN2O6. The van der Waals surface area contributed by atoms with Crippen LogP contribution in [0.25, 0.3) is 0 Å². The summed E-state index contributed by atoms with van der Waals surface area (Å²) in [6.07, 6.45) is 2.55. The number of imide groups is 2.